The zero-order valence-electron chi connectivity index (χ0n) is 9.68. The lowest BCUT2D eigenvalue weighted by Gasteiger charge is -2.20. The summed E-state index contributed by atoms with van der Waals surface area (Å²) < 4.78 is 0. The minimum atomic E-state index is 0.601. The van der Waals surface area contributed by atoms with E-state index in [-0.39, 0.29) is 0 Å². The van der Waals surface area contributed by atoms with Crippen molar-refractivity contribution in [3.8, 4) is 0 Å². The van der Waals surface area contributed by atoms with Gasteiger partial charge >= 0.3 is 0 Å². The van der Waals surface area contributed by atoms with Crippen molar-refractivity contribution in [2.24, 2.45) is 5.92 Å². The fourth-order valence-corrected chi connectivity index (χ4v) is 3.78. The minimum absolute atomic E-state index is 0.601. The third-order valence-corrected chi connectivity index (χ3v) is 4.76. The van der Waals surface area contributed by atoms with Crippen LogP contribution in [0.2, 0.25) is 0 Å². The van der Waals surface area contributed by atoms with Crippen LogP contribution < -0.4 is 0 Å². The summed E-state index contributed by atoms with van der Waals surface area (Å²) in [5, 5.41) is 0.625. The van der Waals surface area contributed by atoms with Crippen LogP contribution in [-0.4, -0.2) is 5.25 Å². The van der Waals surface area contributed by atoms with Crippen LogP contribution in [0.5, 0.6) is 0 Å². The molecule has 1 heterocycles. The Bertz CT molecular complexity index is 468. The highest BCUT2D eigenvalue weighted by Gasteiger charge is 2.31. The Morgan fingerprint density at radius 1 is 1.19 bits per heavy atom. The van der Waals surface area contributed by atoms with E-state index in [4.69, 9.17) is 0 Å². The molecular weight excluding hydrogens is 212 g/mol. The molecule has 0 fully saturated rings. The van der Waals surface area contributed by atoms with Crippen molar-refractivity contribution in [3.63, 3.8) is 0 Å². The Morgan fingerprint density at radius 2 is 2.00 bits per heavy atom. The van der Waals surface area contributed by atoms with Crippen molar-refractivity contribution in [2.75, 3.05) is 0 Å². The summed E-state index contributed by atoms with van der Waals surface area (Å²) in [6.07, 6.45) is 7.16. The number of fused-ring (bicyclic) bond motifs is 3. The Morgan fingerprint density at radius 3 is 2.81 bits per heavy atom. The van der Waals surface area contributed by atoms with E-state index < -0.39 is 0 Å². The average molecular weight is 228 g/mol. The maximum atomic E-state index is 2.47. The molecular formula is C15H16S. The van der Waals surface area contributed by atoms with Gasteiger partial charge in [0.1, 0.15) is 0 Å². The quantitative estimate of drug-likeness (QED) is 0.686. The first-order chi connectivity index (χ1) is 7.75. The summed E-state index contributed by atoms with van der Waals surface area (Å²) in [6.45, 7) is 4.54. The first-order valence-electron chi connectivity index (χ1n) is 5.91. The lowest BCUT2D eigenvalue weighted by atomic mass is 9.86. The van der Waals surface area contributed by atoms with Crippen molar-refractivity contribution in [2.45, 2.75) is 29.9 Å². The molecule has 1 aliphatic heterocycles. The summed E-state index contributed by atoms with van der Waals surface area (Å²) in [7, 11) is 0. The van der Waals surface area contributed by atoms with Crippen molar-refractivity contribution < 1.29 is 0 Å². The Balaban J connectivity index is 2.02. The van der Waals surface area contributed by atoms with Crippen LogP contribution in [0.25, 0.3) is 0 Å². The Labute approximate surface area is 101 Å². The highest BCUT2D eigenvalue weighted by molar-refractivity contribution is 8.00. The molecule has 1 heteroatoms. The topological polar surface area (TPSA) is 0 Å². The van der Waals surface area contributed by atoms with E-state index in [0.29, 0.717) is 17.1 Å². The number of rotatable bonds is 1. The van der Waals surface area contributed by atoms with E-state index in [1.54, 1.807) is 0 Å². The van der Waals surface area contributed by atoms with Gasteiger partial charge in [0.15, 0.2) is 0 Å². The third-order valence-electron chi connectivity index (χ3n) is 3.41. The second-order valence-corrected chi connectivity index (χ2v) is 6.05. The molecule has 82 valence electrons. The predicted octanol–water partition coefficient (Wildman–Crippen LogP) is 4.40. The molecule has 0 nitrogen and oxygen atoms in total. The summed E-state index contributed by atoms with van der Waals surface area (Å²) >= 11 is 2.00. The molecule has 0 radical (unpaired) electrons. The fraction of sp³-hybridized carbons (Fsp3) is 0.333. The minimum Gasteiger partial charge on any atom is -0.117 e. The highest BCUT2D eigenvalue weighted by Crippen LogP contribution is 2.48. The summed E-state index contributed by atoms with van der Waals surface area (Å²) in [5.41, 5.74) is 3.00. The number of allylic oxidation sites excluding steroid dienone is 3. The molecule has 3 rings (SSSR count). The van der Waals surface area contributed by atoms with Crippen LogP contribution in [0.1, 0.15) is 25.3 Å². The number of hydrogen-bond acceptors (Lipinski definition) is 1. The second kappa shape index (κ2) is 3.81. The molecule has 2 unspecified atom stereocenters. The SMILES string of the molecule is CC(C)C1=CC2c3ccccc3SC2C=C1. The summed E-state index contributed by atoms with van der Waals surface area (Å²) in [5.74, 6) is 1.23. The molecule has 0 bridgehead atoms. The molecule has 0 saturated carbocycles. The van der Waals surface area contributed by atoms with Crippen molar-refractivity contribution >= 4 is 11.8 Å². The van der Waals surface area contributed by atoms with Gasteiger partial charge in [-0.2, -0.15) is 0 Å². The second-order valence-electron chi connectivity index (χ2n) is 4.83. The van der Waals surface area contributed by atoms with E-state index in [1.165, 1.54) is 16.0 Å². The van der Waals surface area contributed by atoms with Crippen LogP contribution >= 0.6 is 11.8 Å². The van der Waals surface area contributed by atoms with E-state index in [1.807, 2.05) is 11.8 Å². The first-order valence-corrected chi connectivity index (χ1v) is 6.79. The predicted molar refractivity (Wildman–Crippen MR) is 70.9 cm³/mol. The molecule has 2 aliphatic rings. The van der Waals surface area contributed by atoms with E-state index in [2.05, 4.69) is 56.3 Å². The largest absolute Gasteiger partial charge is 0.117 e. The van der Waals surface area contributed by atoms with Crippen molar-refractivity contribution in [1.82, 2.24) is 0 Å². The van der Waals surface area contributed by atoms with E-state index in [0.717, 1.165) is 0 Å². The molecule has 0 amide bonds. The highest BCUT2D eigenvalue weighted by atomic mass is 32.2. The molecule has 0 N–H and O–H groups in total. The molecule has 1 aromatic carbocycles. The smallest absolute Gasteiger partial charge is 0.0381 e. The van der Waals surface area contributed by atoms with Crippen LogP contribution in [-0.2, 0) is 0 Å². The average Bonchev–Trinajstić information content (AvgIpc) is 2.66. The molecule has 1 aliphatic carbocycles. The Hall–Kier alpha value is -0.950. The third kappa shape index (κ3) is 1.54. The molecule has 0 spiro atoms. The summed E-state index contributed by atoms with van der Waals surface area (Å²) in [4.78, 5) is 1.46. The number of thioether (sulfide) groups is 1. The van der Waals surface area contributed by atoms with Gasteiger partial charge in [0.2, 0.25) is 0 Å². The van der Waals surface area contributed by atoms with Gasteiger partial charge in [0, 0.05) is 16.1 Å². The van der Waals surface area contributed by atoms with Crippen LogP contribution in [0, 0.1) is 5.92 Å². The van der Waals surface area contributed by atoms with Crippen LogP contribution in [0.3, 0.4) is 0 Å². The van der Waals surface area contributed by atoms with Crippen molar-refractivity contribution in [1.29, 1.82) is 0 Å². The van der Waals surface area contributed by atoms with Crippen LogP contribution in [0.15, 0.2) is 53.0 Å². The maximum Gasteiger partial charge on any atom is 0.0381 e. The zero-order valence-corrected chi connectivity index (χ0v) is 10.5. The number of benzene rings is 1. The molecule has 16 heavy (non-hydrogen) atoms. The van der Waals surface area contributed by atoms with Crippen molar-refractivity contribution in [3.05, 3.63) is 53.6 Å². The van der Waals surface area contributed by atoms with Gasteiger partial charge in [-0.3, -0.25) is 0 Å². The van der Waals surface area contributed by atoms with Gasteiger partial charge < -0.3 is 0 Å². The monoisotopic (exact) mass is 228 g/mol. The van der Waals surface area contributed by atoms with Gasteiger partial charge in [-0.1, -0.05) is 50.3 Å². The van der Waals surface area contributed by atoms with Gasteiger partial charge in [-0.25, -0.2) is 0 Å². The first kappa shape index (κ1) is 10.2. The normalized spacial score (nSPS) is 26.6. The summed E-state index contributed by atoms with van der Waals surface area (Å²) in [6, 6.07) is 8.82. The molecule has 0 aromatic heterocycles. The van der Waals surface area contributed by atoms with Gasteiger partial charge in [0.05, 0.1) is 0 Å². The maximum absolute atomic E-state index is 2.47. The van der Waals surface area contributed by atoms with Gasteiger partial charge in [-0.05, 0) is 23.1 Å². The lowest BCUT2D eigenvalue weighted by Crippen LogP contribution is -2.11. The molecule has 0 saturated heterocycles. The van der Waals surface area contributed by atoms with Gasteiger partial charge in [0.25, 0.3) is 0 Å². The Kier molecular flexibility index (Phi) is 2.44. The standard InChI is InChI=1S/C15H16S/c1-10(2)11-7-8-15-13(9-11)12-5-3-4-6-14(12)16-15/h3-10,13,15H,1-2H3. The van der Waals surface area contributed by atoms with Gasteiger partial charge in [-0.15, -0.1) is 11.8 Å². The molecule has 2 atom stereocenters. The zero-order chi connectivity index (χ0) is 11.1. The fourth-order valence-electron chi connectivity index (χ4n) is 2.46. The lowest BCUT2D eigenvalue weighted by molar-refractivity contribution is 0.754. The van der Waals surface area contributed by atoms with Crippen LogP contribution in [0.4, 0.5) is 0 Å². The molecule has 1 aromatic rings. The van der Waals surface area contributed by atoms with E-state index >= 15 is 0 Å². The number of hydrogen-bond donors (Lipinski definition) is 0. The van der Waals surface area contributed by atoms with E-state index in [9.17, 15) is 0 Å².